The Balaban J connectivity index is 2.22. The average molecular weight is 443 g/mol. The Morgan fingerprint density at radius 1 is 1.26 bits per heavy atom. The van der Waals surface area contributed by atoms with Gasteiger partial charge in [-0.15, -0.1) is 0 Å². The number of hydrogen-bond donors (Lipinski definition) is 2. The van der Waals surface area contributed by atoms with Gasteiger partial charge in [-0.3, -0.25) is 9.59 Å². The van der Waals surface area contributed by atoms with Crippen molar-refractivity contribution in [2.75, 3.05) is 13.1 Å². The molecule has 0 aliphatic carbocycles. The van der Waals surface area contributed by atoms with E-state index in [0.29, 0.717) is 19.5 Å². The highest BCUT2D eigenvalue weighted by atomic mass is 19.2. The Kier molecular flexibility index (Phi) is 7.91. The van der Waals surface area contributed by atoms with E-state index in [1.807, 2.05) is 0 Å². The second-order valence-corrected chi connectivity index (χ2v) is 8.49. The van der Waals surface area contributed by atoms with Crippen LogP contribution in [0.15, 0.2) is 12.1 Å². The molecule has 0 spiro atoms. The number of ether oxygens (including phenoxy) is 1. The van der Waals surface area contributed by atoms with Gasteiger partial charge in [0.05, 0.1) is 0 Å². The van der Waals surface area contributed by atoms with Gasteiger partial charge in [-0.25, -0.2) is 18.0 Å². The zero-order valence-electron chi connectivity index (χ0n) is 18.1. The third kappa shape index (κ3) is 6.86. The lowest BCUT2D eigenvalue weighted by atomic mass is 10.0. The van der Waals surface area contributed by atoms with E-state index in [2.05, 4.69) is 10.6 Å². The van der Waals surface area contributed by atoms with Crippen molar-refractivity contribution in [2.24, 2.45) is 0 Å². The molecule has 2 unspecified atom stereocenters. The number of rotatable bonds is 5. The van der Waals surface area contributed by atoms with Gasteiger partial charge in [0.25, 0.3) is 0 Å². The summed E-state index contributed by atoms with van der Waals surface area (Å²) in [6, 6.07) is 0.156. The number of nitrogens with one attached hydrogen (secondary N) is 2. The number of halogens is 3. The van der Waals surface area contributed by atoms with E-state index in [1.54, 1.807) is 27.7 Å². The van der Waals surface area contributed by atoms with E-state index in [4.69, 9.17) is 4.74 Å². The summed E-state index contributed by atoms with van der Waals surface area (Å²) in [5, 5.41) is 5.20. The molecule has 1 fully saturated rings. The van der Waals surface area contributed by atoms with Crippen LogP contribution in [0.1, 0.15) is 46.1 Å². The summed E-state index contributed by atoms with van der Waals surface area (Å²) >= 11 is 0. The van der Waals surface area contributed by atoms with Crippen LogP contribution in [-0.4, -0.2) is 53.6 Å². The van der Waals surface area contributed by atoms with Gasteiger partial charge in [0.1, 0.15) is 11.6 Å². The summed E-state index contributed by atoms with van der Waals surface area (Å²) in [4.78, 5) is 38.6. The lowest BCUT2D eigenvalue weighted by Crippen LogP contribution is -2.48. The van der Waals surface area contributed by atoms with Crippen LogP contribution in [0.2, 0.25) is 0 Å². The molecular formula is C21H28F3N3O4. The molecule has 2 N–H and O–H groups in total. The van der Waals surface area contributed by atoms with Crippen molar-refractivity contribution in [3.05, 3.63) is 35.1 Å². The maximum absolute atomic E-state index is 14.2. The van der Waals surface area contributed by atoms with E-state index in [0.717, 1.165) is 12.1 Å². The number of benzene rings is 1. The lowest BCUT2D eigenvalue weighted by molar-refractivity contribution is -0.139. The van der Waals surface area contributed by atoms with Crippen molar-refractivity contribution >= 4 is 17.9 Å². The minimum Gasteiger partial charge on any atom is -0.444 e. The molecular weight excluding hydrogens is 415 g/mol. The molecule has 0 radical (unpaired) electrons. The molecule has 1 heterocycles. The summed E-state index contributed by atoms with van der Waals surface area (Å²) in [6.07, 6.45) is -0.837. The number of nitrogens with zero attached hydrogens (tertiary/aromatic N) is 1. The van der Waals surface area contributed by atoms with Crippen molar-refractivity contribution in [1.29, 1.82) is 0 Å². The van der Waals surface area contributed by atoms with Gasteiger partial charge in [-0.1, -0.05) is 6.07 Å². The van der Waals surface area contributed by atoms with E-state index < -0.39 is 47.1 Å². The SMILES string of the molecule is CC1C(=O)NCCCN1C(=O)CC(Cc1ccc(F)c(F)c1F)NC(=O)OC(C)(C)C. The molecule has 1 saturated heterocycles. The van der Waals surface area contributed by atoms with Crippen LogP contribution in [0, 0.1) is 17.5 Å². The molecule has 31 heavy (non-hydrogen) atoms. The van der Waals surface area contributed by atoms with Gasteiger partial charge in [0.15, 0.2) is 17.5 Å². The quantitative estimate of drug-likeness (QED) is 0.685. The van der Waals surface area contributed by atoms with Crippen molar-refractivity contribution in [3.8, 4) is 0 Å². The van der Waals surface area contributed by atoms with Crippen LogP contribution in [-0.2, 0) is 20.7 Å². The summed E-state index contributed by atoms with van der Waals surface area (Å²) in [7, 11) is 0. The first-order chi connectivity index (χ1) is 14.4. The molecule has 0 saturated carbocycles. The monoisotopic (exact) mass is 443 g/mol. The molecule has 0 aromatic heterocycles. The van der Waals surface area contributed by atoms with Crippen molar-refractivity contribution < 1.29 is 32.3 Å². The number of carbonyl (C=O) groups excluding carboxylic acids is 3. The maximum Gasteiger partial charge on any atom is 0.407 e. The Morgan fingerprint density at radius 3 is 2.58 bits per heavy atom. The zero-order valence-corrected chi connectivity index (χ0v) is 18.1. The fourth-order valence-electron chi connectivity index (χ4n) is 3.25. The first kappa shape index (κ1) is 24.5. The van der Waals surface area contributed by atoms with E-state index >= 15 is 0 Å². The third-order valence-electron chi connectivity index (χ3n) is 4.77. The summed E-state index contributed by atoms with van der Waals surface area (Å²) < 4.78 is 46.3. The van der Waals surface area contributed by atoms with E-state index in [-0.39, 0.29) is 24.3 Å². The summed E-state index contributed by atoms with van der Waals surface area (Å²) in [5.74, 6) is -5.08. The lowest BCUT2D eigenvalue weighted by Gasteiger charge is -2.28. The van der Waals surface area contributed by atoms with Crippen molar-refractivity contribution in [2.45, 2.75) is 64.6 Å². The molecule has 172 valence electrons. The molecule has 1 aromatic carbocycles. The third-order valence-corrected chi connectivity index (χ3v) is 4.77. The fraction of sp³-hybridized carbons (Fsp3) is 0.571. The number of hydrogen-bond acceptors (Lipinski definition) is 4. The Labute approximate surface area is 179 Å². The second kappa shape index (κ2) is 10.0. The van der Waals surface area contributed by atoms with Crippen LogP contribution in [0.5, 0.6) is 0 Å². The van der Waals surface area contributed by atoms with E-state index in [1.165, 1.54) is 4.90 Å². The topological polar surface area (TPSA) is 87.7 Å². The van der Waals surface area contributed by atoms with Crippen LogP contribution in [0.3, 0.4) is 0 Å². The fourth-order valence-corrected chi connectivity index (χ4v) is 3.25. The van der Waals surface area contributed by atoms with Crippen LogP contribution in [0.25, 0.3) is 0 Å². The van der Waals surface area contributed by atoms with Gasteiger partial charge in [0.2, 0.25) is 11.8 Å². The minimum atomic E-state index is -1.63. The van der Waals surface area contributed by atoms with Gasteiger partial charge < -0.3 is 20.3 Å². The largest absolute Gasteiger partial charge is 0.444 e. The molecule has 10 heteroatoms. The Hall–Kier alpha value is -2.78. The smallest absolute Gasteiger partial charge is 0.407 e. The van der Waals surface area contributed by atoms with Crippen LogP contribution < -0.4 is 10.6 Å². The Bertz CT molecular complexity index is 842. The molecule has 2 atom stereocenters. The van der Waals surface area contributed by atoms with E-state index in [9.17, 15) is 27.6 Å². The molecule has 0 bridgehead atoms. The predicted octanol–water partition coefficient (Wildman–Crippen LogP) is 2.67. The maximum atomic E-state index is 14.2. The normalized spacial score (nSPS) is 18.1. The summed E-state index contributed by atoms with van der Waals surface area (Å²) in [6.45, 7) is 7.31. The number of carbonyl (C=O) groups is 3. The minimum absolute atomic E-state index is 0.200. The predicted molar refractivity (Wildman–Crippen MR) is 107 cm³/mol. The van der Waals surface area contributed by atoms with Gasteiger partial charge in [-0.2, -0.15) is 0 Å². The van der Waals surface area contributed by atoms with Crippen molar-refractivity contribution in [3.63, 3.8) is 0 Å². The van der Waals surface area contributed by atoms with Gasteiger partial charge >= 0.3 is 6.09 Å². The molecule has 7 nitrogen and oxygen atoms in total. The molecule has 1 aliphatic rings. The average Bonchev–Trinajstić information content (AvgIpc) is 2.82. The molecule has 1 aliphatic heterocycles. The number of alkyl carbamates (subject to hydrolysis) is 1. The van der Waals surface area contributed by atoms with Crippen LogP contribution in [0.4, 0.5) is 18.0 Å². The first-order valence-electron chi connectivity index (χ1n) is 10.1. The highest BCUT2D eigenvalue weighted by Crippen LogP contribution is 2.19. The summed E-state index contributed by atoms with van der Waals surface area (Å²) in [5.41, 5.74) is -1.02. The highest BCUT2D eigenvalue weighted by molar-refractivity contribution is 5.88. The van der Waals surface area contributed by atoms with Gasteiger partial charge in [0, 0.05) is 25.6 Å². The molecule has 1 aromatic rings. The van der Waals surface area contributed by atoms with Crippen LogP contribution >= 0.6 is 0 Å². The number of amides is 3. The first-order valence-corrected chi connectivity index (χ1v) is 10.1. The highest BCUT2D eigenvalue weighted by Gasteiger charge is 2.31. The van der Waals surface area contributed by atoms with Gasteiger partial charge in [-0.05, 0) is 52.2 Å². The zero-order chi connectivity index (χ0) is 23.3. The second-order valence-electron chi connectivity index (χ2n) is 8.49. The molecule has 3 amide bonds. The standard InChI is InChI=1S/C21H28F3N3O4/c1-12-19(29)25-8-5-9-27(12)16(28)11-14(26-20(30)31-21(2,3)4)10-13-6-7-15(22)18(24)17(13)23/h6-7,12,14H,5,8-11H2,1-4H3,(H,25,29)(H,26,30). The molecule has 2 rings (SSSR count). The van der Waals surface area contributed by atoms with Crippen molar-refractivity contribution in [1.82, 2.24) is 15.5 Å². The Morgan fingerprint density at radius 2 is 1.94 bits per heavy atom.